The molecule has 0 saturated carbocycles. The van der Waals surface area contributed by atoms with E-state index in [9.17, 15) is 25.3 Å². The lowest BCUT2D eigenvalue weighted by atomic mass is 10.3. The van der Waals surface area contributed by atoms with Gasteiger partial charge < -0.3 is 18.9 Å². The summed E-state index contributed by atoms with van der Waals surface area (Å²) in [6.07, 6.45) is 0. The second-order valence-corrected chi connectivity index (χ2v) is 12.9. The molecule has 0 fully saturated rings. The Morgan fingerprint density at radius 1 is 0.575 bits per heavy atom. The summed E-state index contributed by atoms with van der Waals surface area (Å²) >= 11 is 0. The number of methoxy groups -OCH3 is 4. The third-order valence-corrected chi connectivity index (χ3v) is 9.52. The average Bonchev–Trinajstić information content (AvgIpc) is 2.94. The van der Waals surface area contributed by atoms with Gasteiger partial charge in [0.2, 0.25) is 10.0 Å². The van der Waals surface area contributed by atoms with Gasteiger partial charge in [0.1, 0.15) is 0 Å². The fraction of sp³-hybridized carbons (Fsp3) is 0.250. The van der Waals surface area contributed by atoms with E-state index in [0.717, 1.165) is 0 Å². The van der Waals surface area contributed by atoms with E-state index in [1.54, 1.807) is 0 Å². The molecule has 218 valence electrons. The molecule has 16 heteroatoms. The second kappa shape index (κ2) is 12.7. The van der Waals surface area contributed by atoms with E-state index in [1.807, 2.05) is 0 Å². The van der Waals surface area contributed by atoms with E-state index in [-0.39, 0.29) is 38.4 Å². The standard InChI is InChI=1S/C24H28N2O11S3/c1-33-21-11-9-19(15-23(21)35-3)39(29,30)26-17-5-7-18(8-6-17)38(27,28)25-13-14-37-40(31,32)20-10-12-22(34-2)24(16-20)36-4/h5-12,15-16,25-26H,13-14H2,1-4H3. The lowest BCUT2D eigenvalue weighted by molar-refractivity contribution is 0.321. The highest BCUT2D eigenvalue weighted by Gasteiger charge is 2.21. The maximum atomic E-state index is 12.8. The fourth-order valence-corrected chi connectivity index (χ4v) is 6.36. The van der Waals surface area contributed by atoms with Gasteiger partial charge in [0.05, 0.1) is 49.7 Å². The largest absolute Gasteiger partial charge is 0.493 e. The van der Waals surface area contributed by atoms with Gasteiger partial charge in [0.15, 0.2) is 23.0 Å². The van der Waals surface area contributed by atoms with Crippen molar-refractivity contribution in [2.24, 2.45) is 0 Å². The van der Waals surface area contributed by atoms with Gasteiger partial charge in [-0.1, -0.05) is 0 Å². The molecule has 0 spiro atoms. The molecule has 3 aromatic carbocycles. The molecule has 0 saturated heterocycles. The maximum Gasteiger partial charge on any atom is 0.297 e. The molecule has 3 rings (SSSR count). The van der Waals surface area contributed by atoms with Crippen molar-refractivity contribution in [1.82, 2.24) is 4.72 Å². The zero-order valence-electron chi connectivity index (χ0n) is 21.9. The third kappa shape index (κ3) is 7.33. The van der Waals surface area contributed by atoms with Crippen LogP contribution in [0.3, 0.4) is 0 Å². The zero-order chi connectivity index (χ0) is 29.6. The summed E-state index contributed by atoms with van der Waals surface area (Å²) in [6, 6.07) is 12.9. The Labute approximate surface area is 233 Å². The molecule has 0 aliphatic carbocycles. The molecule has 3 aromatic rings. The molecule has 0 radical (unpaired) electrons. The molecular weight excluding hydrogens is 588 g/mol. The summed E-state index contributed by atoms with van der Waals surface area (Å²) in [5, 5.41) is 0. The first-order valence-electron chi connectivity index (χ1n) is 11.3. The Morgan fingerprint density at radius 3 is 1.57 bits per heavy atom. The summed E-state index contributed by atoms with van der Waals surface area (Å²) < 4.78 is 106. The van der Waals surface area contributed by atoms with E-state index in [1.165, 1.54) is 89.1 Å². The van der Waals surface area contributed by atoms with Crippen molar-refractivity contribution in [2.75, 3.05) is 46.3 Å². The minimum Gasteiger partial charge on any atom is -0.493 e. The van der Waals surface area contributed by atoms with Crippen molar-refractivity contribution < 1.29 is 48.4 Å². The average molecular weight is 617 g/mol. The second-order valence-electron chi connectivity index (χ2n) is 7.84. The molecule has 0 aliphatic heterocycles. The lowest BCUT2D eigenvalue weighted by Gasteiger charge is -2.12. The highest BCUT2D eigenvalue weighted by atomic mass is 32.2. The minimum absolute atomic E-state index is 0.0912. The summed E-state index contributed by atoms with van der Waals surface area (Å²) in [7, 11) is -6.74. The molecule has 0 bridgehead atoms. The van der Waals surface area contributed by atoms with Crippen LogP contribution in [0.5, 0.6) is 23.0 Å². The van der Waals surface area contributed by atoms with Gasteiger partial charge in [-0.2, -0.15) is 8.42 Å². The van der Waals surface area contributed by atoms with Crippen LogP contribution in [0.2, 0.25) is 0 Å². The Balaban J connectivity index is 1.61. The van der Waals surface area contributed by atoms with Gasteiger partial charge in [-0.3, -0.25) is 8.91 Å². The molecule has 40 heavy (non-hydrogen) atoms. The van der Waals surface area contributed by atoms with Gasteiger partial charge in [0, 0.05) is 24.4 Å². The molecule has 0 amide bonds. The molecule has 0 aromatic heterocycles. The number of benzene rings is 3. The van der Waals surface area contributed by atoms with E-state index < -0.39 is 36.8 Å². The van der Waals surface area contributed by atoms with Gasteiger partial charge in [-0.25, -0.2) is 21.6 Å². The topological polar surface area (TPSA) is 173 Å². The van der Waals surface area contributed by atoms with E-state index in [2.05, 4.69) is 9.44 Å². The molecule has 0 atom stereocenters. The molecule has 2 N–H and O–H groups in total. The summed E-state index contributed by atoms with van der Waals surface area (Å²) in [6.45, 7) is -0.846. The minimum atomic E-state index is -4.21. The van der Waals surface area contributed by atoms with Crippen LogP contribution in [0.15, 0.2) is 75.4 Å². The van der Waals surface area contributed by atoms with E-state index in [0.29, 0.717) is 11.5 Å². The molecule has 13 nitrogen and oxygen atoms in total. The van der Waals surface area contributed by atoms with Crippen molar-refractivity contribution in [3.8, 4) is 23.0 Å². The number of ether oxygens (including phenoxy) is 4. The highest BCUT2D eigenvalue weighted by Crippen LogP contribution is 2.31. The first-order valence-corrected chi connectivity index (χ1v) is 15.7. The number of nitrogens with one attached hydrogen (secondary N) is 2. The van der Waals surface area contributed by atoms with Crippen LogP contribution in [0, 0.1) is 0 Å². The van der Waals surface area contributed by atoms with Crippen molar-refractivity contribution >= 4 is 35.9 Å². The predicted molar refractivity (Wildman–Crippen MR) is 145 cm³/mol. The van der Waals surface area contributed by atoms with Gasteiger partial charge in [0.25, 0.3) is 20.1 Å². The molecule has 0 heterocycles. The third-order valence-electron chi connectivity index (χ3n) is 5.36. The Morgan fingerprint density at radius 2 is 1.05 bits per heavy atom. The van der Waals surface area contributed by atoms with Crippen molar-refractivity contribution in [3.05, 3.63) is 60.7 Å². The van der Waals surface area contributed by atoms with Crippen LogP contribution in [0.25, 0.3) is 0 Å². The number of hydrogen-bond donors (Lipinski definition) is 2. The Kier molecular flexibility index (Phi) is 9.86. The van der Waals surface area contributed by atoms with Crippen molar-refractivity contribution in [3.63, 3.8) is 0 Å². The first-order chi connectivity index (χ1) is 18.9. The quantitative estimate of drug-likeness (QED) is 0.201. The number of anilines is 1. The Hall–Kier alpha value is -3.57. The number of rotatable bonds is 14. The van der Waals surface area contributed by atoms with Crippen molar-refractivity contribution in [1.29, 1.82) is 0 Å². The molecule has 0 unspecified atom stereocenters. The number of sulfonamides is 2. The van der Waals surface area contributed by atoms with Gasteiger partial charge in [-0.05, 0) is 48.5 Å². The summed E-state index contributed by atoms with van der Waals surface area (Å²) in [4.78, 5) is -0.463. The predicted octanol–water partition coefficient (Wildman–Crippen LogP) is 2.21. The number of hydrogen-bond acceptors (Lipinski definition) is 11. The normalized spacial score (nSPS) is 12.0. The van der Waals surface area contributed by atoms with Crippen LogP contribution in [-0.2, 0) is 34.3 Å². The zero-order valence-corrected chi connectivity index (χ0v) is 24.4. The Bertz CT molecular complexity index is 1660. The summed E-state index contributed by atoms with van der Waals surface area (Å²) in [5.41, 5.74) is 0.109. The highest BCUT2D eigenvalue weighted by molar-refractivity contribution is 7.92. The lowest BCUT2D eigenvalue weighted by Crippen LogP contribution is -2.28. The SMILES string of the molecule is COc1ccc(S(=O)(=O)Nc2ccc(S(=O)(=O)NCCOS(=O)(=O)c3ccc(OC)c(OC)c3)cc2)cc1OC. The monoisotopic (exact) mass is 616 g/mol. The van der Waals surface area contributed by atoms with Crippen LogP contribution in [0.4, 0.5) is 5.69 Å². The van der Waals surface area contributed by atoms with E-state index in [4.69, 9.17) is 23.1 Å². The molecule has 0 aliphatic rings. The van der Waals surface area contributed by atoms with Crippen LogP contribution < -0.4 is 28.4 Å². The van der Waals surface area contributed by atoms with Gasteiger partial charge >= 0.3 is 0 Å². The van der Waals surface area contributed by atoms with Crippen molar-refractivity contribution in [2.45, 2.75) is 14.7 Å². The summed E-state index contributed by atoms with van der Waals surface area (Å²) in [5.74, 6) is 1.09. The van der Waals surface area contributed by atoms with Crippen LogP contribution >= 0.6 is 0 Å². The van der Waals surface area contributed by atoms with Gasteiger partial charge in [-0.15, -0.1) is 0 Å². The van der Waals surface area contributed by atoms with Crippen LogP contribution in [-0.4, -0.2) is 66.8 Å². The fourth-order valence-electron chi connectivity index (χ4n) is 3.35. The maximum absolute atomic E-state index is 12.8. The molecular formula is C24H28N2O11S3. The van der Waals surface area contributed by atoms with E-state index >= 15 is 0 Å². The first kappa shape index (κ1) is 31.0. The van der Waals surface area contributed by atoms with Crippen LogP contribution in [0.1, 0.15) is 0 Å². The smallest absolute Gasteiger partial charge is 0.297 e.